The van der Waals surface area contributed by atoms with Gasteiger partial charge in [0.05, 0.1) is 31.1 Å². The molecule has 4 rings (SSSR count). The van der Waals surface area contributed by atoms with Crippen LogP contribution in [0.25, 0.3) is 22.4 Å². The molecular formula is C17H17N6+. The first kappa shape index (κ1) is 14.7. The average molecular weight is 305 g/mol. The van der Waals surface area contributed by atoms with Crippen molar-refractivity contribution in [3.8, 4) is 17.2 Å². The van der Waals surface area contributed by atoms with Gasteiger partial charge in [0.2, 0.25) is 0 Å². The summed E-state index contributed by atoms with van der Waals surface area (Å²) in [5, 5.41) is 8.86. The second-order valence-electron chi connectivity index (χ2n) is 4.79. The van der Waals surface area contributed by atoms with Crippen LogP contribution in [0.4, 0.5) is 0 Å². The summed E-state index contributed by atoms with van der Waals surface area (Å²) in [5.41, 5.74) is 4.40. The predicted molar refractivity (Wildman–Crippen MR) is 86.6 cm³/mol. The molecule has 0 spiro atoms. The van der Waals surface area contributed by atoms with Crippen molar-refractivity contribution < 1.29 is 4.52 Å². The smallest absolute Gasteiger partial charge is 0.214 e. The molecule has 0 atom stereocenters. The molecule has 0 amide bonds. The van der Waals surface area contributed by atoms with Crippen LogP contribution < -0.4 is 4.52 Å². The Balaban J connectivity index is 0.000000753. The van der Waals surface area contributed by atoms with Gasteiger partial charge in [0, 0.05) is 5.56 Å². The Hall–Kier alpha value is -3.20. The molecule has 0 aliphatic rings. The molecule has 0 N–H and O–H groups in total. The summed E-state index contributed by atoms with van der Waals surface area (Å²) in [5.74, 6) is 0. The van der Waals surface area contributed by atoms with Gasteiger partial charge in [-0.3, -0.25) is 0 Å². The number of hydrogen-bond acceptors (Lipinski definition) is 3. The SMILES string of the molecule is CC.Cn1c2nccnc2[n+]2cc(-c3ccc(C#N)cc3)cn12. The second kappa shape index (κ2) is 5.89. The van der Waals surface area contributed by atoms with Crippen LogP contribution in [0.5, 0.6) is 0 Å². The quantitative estimate of drug-likeness (QED) is 0.507. The molecule has 6 nitrogen and oxygen atoms in total. The number of nitrogens with zero attached hydrogens (tertiary/aromatic N) is 6. The Morgan fingerprint density at radius 1 is 1.04 bits per heavy atom. The lowest BCUT2D eigenvalue weighted by Crippen LogP contribution is -2.26. The van der Waals surface area contributed by atoms with E-state index >= 15 is 0 Å². The first-order chi connectivity index (χ1) is 11.3. The van der Waals surface area contributed by atoms with Crippen molar-refractivity contribution in [1.29, 1.82) is 5.26 Å². The number of aryl methyl sites for hydroxylation is 1. The molecule has 3 heterocycles. The minimum atomic E-state index is 0.659. The average Bonchev–Trinajstić information content (AvgIpc) is 3.17. The van der Waals surface area contributed by atoms with E-state index in [1.165, 1.54) is 0 Å². The van der Waals surface area contributed by atoms with Crippen molar-refractivity contribution in [3.63, 3.8) is 0 Å². The first-order valence-electron chi connectivity index (χ1n) is 7.48. The number of rotatable bonds is 1. The van der Waals surface area contributed by atoms with Gasteiger partial charge in [-0.2, -0.15) is 9.94 Å². The number of fused-ring (bicyclic) bond motifs is 3. The van der Waals surface area contributed by atoms with Gasteiger partial charge in [-0.05, 0) is 17.7 Å². The maximum Gasteiger partial charge on any atom is 0.346 e. The number of hydrogen-bond donors (Lipinski definition) is 0. The Labute approximate surface area is 133 Å². The van der Waals surface area contributed by atoms with Crippen molar-refractivity contribution in [1.82, 2.24) is 19.3 Å². The fourth-order valence-corrected chi connectivity index (χ4v) is 2.50. The van der Waals surface area contributed by atoms with E-state index in [0.29, 0.717) is 5.56 Å². The van der Waals surface area contributed by atoms with Gasteiger partial charge in [0.25, 0.3) is 5.65 Å². The third-order valence-corrected chi connectivity index (χ3v) is 3.58. The molecule has 114 valence electrons. The van der Waals surface area contributed by atoms with Gasteiger partial charge < -0.3 is 0 Å². The van der Waals surface area contributed by atoms with Crippen molar-refractivity contribution in [2.75, 3.05) is 0 Å². The Bertz CT molecular complexity index is 1000. The van der Waals surface area contributed by atoms with Crippen LogP contribution in [0, 0.1) is 11.3 Å². The molecule has 0 aliphatic carbocycles. The molecule has 0 bridgehead atoms. The molecule has 6 heteroatoms. The fraction of sp³-hybridized carbons (Fsp3) is 0.176. The van der Waals surface area contributed by atoms with Crippen molar-refractivity contribution >= 4 is 11.3 Å². The lowest BCUT2D eigenvalue weighted by molar-refractivity contribution is -0.597. The summed E-state index contributed by atoms with van der Waals surface area (Å²) >= 11 is 0. The molecule has 1 aromatic carbocycles. The predicted octanol–water partition coefficient (Wildman–Crippen LogP) is 2.37. The largest absolute Gasteiger partial charge is 0.346 e. The highest BCUT2D eigenvalue weighted by Gasteiger charge is 2.18. The number of nitriles is 1. The van der Waals surface area contributed by atoms with Gasteiger partial charge >= 0.3 is 5.65 Å². The third-order valence-electron chi connectivity index (χ3n) is 3.58. The highest BCUT2D eigenvalue weighted by Crippen LogP contribution is 2.19. The molecule has 4 aromatic rings. The normalized spacial score (nSPS) is 10.3. The minimum Gasteiger partial charge on any atom is -0.214 e. The van der Waals surface area contributed by atoms with Crippen LogP contribution in [-0.2, 0) is 7.05 Å². The summed E-state index contributed by atoms with van der Waals surface area (Å²) in [7, 11) is 1.94. The molecule has 23 heavy (non-hydrogen) atoms. The molecule has 0 saturated carbocycles. The Morgan fingerprint density at radius 3 is 2.43 bits per heavy atom. The van der Waals surface area contributed by atoms with E-state index in [1.54, 1.807) is 12.4 Å². The van der Waals surface area contributed by atoms with Gasteiger partial charge in [-0.25, -0.2) is 4.98 Å². The molecule has 3 aromatic heterocycles. The molecule has 0 saturated heterocycles. The van der Waals surface area contributed by atoms with Gasteiger partial charge in [-0.1, -0.05) is 30.6 Å². The van der Waals surface area contributed by atoms with Crippen LogP contribution in [0.15, 0.2) is 49.1 Å². The van der Waals surface area contributed by atoms with Crippen molar-refractivity contribution in [2.45, 2.75) is 13.8 Å². The second-order valence-corrected chi connectivity index (χ2v) is 4.79. The zero-order valence-corrected chi connectivity index (χ0v) is 13.3. The number of benzene rings is 1. The van der Waals surface area contributed by atoms with Crippen LogP contribution in [0.1, 0.15) is 19.4 Å². The first-order valence-corrected chi connectivity index (χ1v) is 7.48. The van der Waals surface area contributed by atoms with Gasteiger partial charge in [0.1, 0.15) is 12.4 Å². The molecule has 0 fully saturated rings. The standard InChI is InChI=1S/C15H11N6.C2H6/c1-19-14-15(18-7-6-17-14)20-9-13(10-21(19)20)12-4-2-11(8-16)3-5-12;1-2/h2-7,9-10H,1H3;1-2H3/q+1;. The zero-order valence-electron chi connectivity index (χ0n) is 13.3. The number of aromatic nitrogens is 5. The summed E-state index contributed by atoms with van der Waals surface area (Å²) in [6.07, 6.45) is 7.40. The highest BCUT2D eigenvalue weighted by atomic mass is 15.6. The molecule has 0 unspecified atom stereocenters. The summed E-state index contributed by atoms with van der Waals surface area (Å²) < 4.78 is 5.85. The summed E-state index contributed by atoms with van der Waals surface area (Å²) in [6, 6.07) is 9.66. The van der Waals surface area contributed by atoms with Crippen LogP contribution in [0.3, 0.4) is 0 Å². The van der Waals surface area contributed by atoms with E-state index in [1.807, 2.05) is 71.4 Å². The van der Waals surface area contributed by atoms with Crippen molar-refractivity contribution in [2.24, 2.45) is 7.05 Å². The summed E-state index contributed by atoms with van der Waals surface area (Å²) in [4.78, 5) is 8.72. The topological polar surface area (TPSA) is 63.0 Å². The highest BCUT2D eigenvalue weighted by molar-refractivity contribution is 5.64. The Kier molecular flexibility index (Phi) is 3.77. The van der Waals surface area contributed by atoms with Crippen LogP contribution in [0.2, 0.25) is 0 Å². The van der Waals surface area contributed by atoms with Gasteiger partial charge in [0.15, 0.2) is 0 Å². The van der Waals surface area contributed by atoms with Crippen LogP contribution in [-0.4, -0.2) is 19.3 Å². The molecule has 0 aliphatic heterocycles. The maximum atomic E-state index is 8.86. The fourth-order valence-electron chi connectivity index (χ4n) is 2.50. The maximum absolute atomic E-state index is 8.86. The molecule has 0 radical (unpaired) electrons. The lowest BCUT2D eigenvalue weighted by atomic mass is 10.1. The lowest BCUT2D eigenvalue weighted by Gasteiger charge is -1.95. The Morgan fingerprint density at radius 2 is 1.74 bits per heavy atom. The van der Waals surface area contributed by atoms with E-state index < -0.39 is 0 Å². The van der Waals surface area contributed by atoms with Crippen molar-refractivity contribution in [3.05, 3.63) is 54.6 Å². The van der Waals surface area contributed by atoms with Crippen LogP contribution >= 0.6 is 0 Å². The van der Waals surface area contributed by atoms with Gasteiger partial charge in [-0.15, -0.1) is 9.50 Å². The van der Waals surface area contributed by atoms with E-state index in [2.05, 4.69) is 16.0 Å². The minimum absolute atomic E-state index is 0.659. The zero-order chi connectivity index (χ0) is 16.4. The van der Waals surface area contributed by atoms with E-state index in [0.717, 1.165) is 22.4 Å². The van der Waals surface area contributed by atoms with E-state index in [-0.39, 0.29) is 0 Å². The third kappa shape index (κ3) is 2.32. The molecular weight excluding hydrogens is 288 g/mol. The monoisotopic (exact) mass is 305 g/mol. The van der Waals surface area contributed by atoms with E-state index in [9.17, 15) is 0 Å². The summed E-state index contributed by atoms with van der Waals surface area (Å²) in [6.45, 7) is 4.00. The van der Waals surface area contributed by atoms with E-state index in [4.69, 9.17) is 5.26 Å².